The molecule has 1 aromatic carbocycles. The summed E-state index contributed by atoms with van der Waals surface area (Å²) < 4.78 is 6.23. The van der Waals surface area contributed by atoms with Gasteiger partial charge in [-0.2, -0.15) is 0 Å². The molecular weight excluding hydrogens is 182 g/mol. The molecule has 0 saturated heterocycles. The molecule has 4 heteroatoms. The van der Waals surface area contributed by atoms with Gasteiger partial charge in [-0.1, -0.05) is 12.1 Å². The topological polar surface area (TPSA) is 52.2 Å². The van der Waals surface area contributed by atoms with E-state index in [2.05, 4.69) is 0 Å². The third-order valence-electron chi connectivity index (χ3n) is 2.18. The standard InChI is InChI=1S/C10H9NO3/c1-6(12)7-4-3-5-8-9(7)10(13)14-11(8)2/h3-5H,1-2H3. The number of nitrogens with zero attached hydrogens (tertiary/aromatic N) is 1. The van der Waals surface area contributed by atoms with Gasteiger partial charge in [-0.3, -0.25) is 4.79 Å². The maximum absolute atomic E-state index is 11.4. The van der Waals surface area contributed by atoms with E-state index in [1.807, 2.05) is 0 Å². The first kappa shape index (κ1) is 8.74. The van der Waals surface area contributed by atoms with Gasteiger partial charge in [-0.25, -0.2) is 9.53 Å². The summed E-state index contributed by atoms with van der Waals surface area (Å²) in [7, 11) is 1.63. The normalized spacial score (nSPS) is 10.7. The highest BCUT2D eigenvalue weighted by Crippen LogP contribution is 2.15. The van der Waals surface area contributed by atoms with E-state index in [1.165, 1.54) is 11.7 Å². The van der Waals surface area contributed by atoms with Crippen LogP contribution in [0.25, 0.3) is 10.9 Å². The number of carbonyl (C=O) groups excluding carboxylic acids is 1. The van der Waals surface area contributed by atoms with Gasteiger partial charge < -0.3 is 4.52 Å². The van der Waals surface area contributed by atoms with Crippen molar-refractivity contribution in [1.82, 2.24) is 4.74 Å². The van der Waals surface area contributed by atoms with Crippen LogP contribution in [-0.2, 0) is 7.05 Å². The van der Waals surface area contributed by atoms with E-state index in [0.29, 0.717) is 16.5 Å². The van der Waals surface area contributed by atoms with E-state index in [9.17, 15) is 9.59 Å². The quantitative estimate of drug-likeness (QED) is 0.639. The Morgan fingerprint density at radius 1 is 1.43 bits per heavy atom. The molecule has 0 bridgehead atoms. The Bertz CT molecular complexity index is 562. The summed E-state index contributed by atoms with van der Waals surface area (Å²) in [5, 5.41) is 0.363. The van der Waals surface area contributed by atoms with Crippen molar-refractivity contribution in [3.63, 3.8) is 0 Å². The van der Waals surface area contributed by atoms with Crippen LogP contribution in [0.1, 0.15) is 17.3 Å². The summed E-state index contributed by atoms with van der Waals surface area (Å²) in [5.74, 6) is -0.130. The van der Waals surface area contributed by atoms with Crippen LogP contribution >= 0.6 is 0 Å². The summed E-state index contributed by atoms with van der Waals surface area (Å²) in [6.45, 7) is 1.43. The Balaban J connectivity index is 3.00. The Morgan fingerprint density at radius 3 is 2.79 bits per heavy atom. The maximum atomic E-state index is 11.4. The largest absolute Gasteiger partial charge is 0.366 e. The number of hydrogen-bond acceptors (Lipinski definition) is 3. The lowest BCUT2D eigenvalue weighted by Gasteiger charge is -1.95. The SMILES string of the molecule is CC(=O)c1cccc2c1c(=O)on2C. The highest BCUT2D eigenvalue weighted by atomic mass is 16.5. The lowest BCUT2D eigenvalue weighted by Crippen LogP contribution is -2.00. The van der Waals surface area contributed by atoms with Gasteiger partial charge in [-0.05, 0) is 13.0 Å². The zero-order valence-corrected chi connectivity index (χ0v) is 7.90. The molecule has 1 heterocycles. The first-order chi connectivity index (χ1) is 6.61. The number of carbonyl (C=O) groups is 1. The molecule has 0 atom stereocenters. The molecule has 0 amide bonds. The van der Waals surface area contributed by atoms with Crippen LogP contribution in [0.5, 0.6) is 0 Å². The van der Waals surface area contributed by atoms with E-state index >= 15 is 0 Å². The second-order valence-electron chi connectivity index (χ2n) is 3.13. The zero-order valence-electron chi connectivity index (χ0n) is 7.90. The molecule has 0 N–H and O–H groups in total. The van der Waals surface area contributed by atoms with Crippen molar-refractivity contribution < 1.29 is 9.32 Å². The molecule has 0 aliphatic rings. The molecule has 0 radical (unpaired) electrons. The second kappa shape index (κ2) is 2.83. The molecule has 0 spiro atoms. The van der Waals surface area contributed by atoms with Crippen LogP contribution in [0.4, 0.5) is 0 Å². The third kappa shape index (κ3) is 1.08. The molecule has 2 aromatic rings. The van der Waals surface area contributed by atoms with Gasteiger partial charge in [0.25, 0.3) is 0 Å². The van der Waals surface area contributed by atoms with Gasteiger partial charge in [0.15, 0.2) is 5.78 Å². The fourth-order valence-corrected chi connectivity index (χ4v) is 1.53. The number of benzene rings is 1. The van der Waals surface area contributed by atoms with Crippen molar-refractivity contribution in [2.24, 2.45) is 7.05 Å². The average molecular weight is 191 g/mol. The predicted molar refractivity (Wildman–Crippen MR) is 51.5 cm³/mol. The first-order valence-electron chi connectivity index (χ1n) is 4.21. The summed E-state index contributed by atoms with van der Waals surface area (Å²) in [6, 6.07) is 5.10. The Labute approximate surface area is 79.7 Å². The van der Waals surface area contributed by atoms with Gasteiger partial charge in [0.2, 0.25) is 0 Å². The minimum atomic E-state index is -0.465. The van der Waals surface area contributed by atoms with E-state index in [0.717, 1.165) is 0 Å². The van der Waals surface area contributed by atoms with Gasteiger partial charge in [0.1, 0.15) is 0 Å². The van der Waals surface area contributed by atoms with Gasteiger partial charge in [0.05, 0.1) is 10.9 Å². The maximum Gasteiger partial charge on any atom is 0.366 e. The highest BCUT2D eigenvalue weighted by molar-refractivity contribution is 6.05. The molecule has 0 saturated carbocycles. The lowest BCUT2D eigenvalue weighted by molar-refractivity contribution is 0.101. The number of aromatic nitrogens is 1. The monoisotopic (exact) mass is 191 g/mol. The molecule has 0 aliphatic carbocycles. The minimum absolute atomic E-state index is 0.130. The molecule has 2 rings (SSSR count). The summed E-state index contributed by atoms with van der Waals surface area (Å²) in [4.78, 5) is 22.6. The van der Waals surface area contributed by atoms with Crippen LogP contribution in [0.2, 0.25) is 0 Å². The van der Waals surface area contributed by atoms with Crippen LogP contribution < -0.4 is 5.63 Å². The van der Waals surface area contributed by atoms with Crippen molar-refractivity contribution in [3.05, 3.63) is 34.2 Å². The van der Waals surface area contributed by atoms with Crippen molar-refractivity contribution in [3.8, 4) is 0 Å². The van der Waals surface area contributed by atoms with Gasteiger partial charge in [-0.15, -0.1) is 0 Å². The highest BCUT2D eigenvalue weighted by Gasteiger charge is 2.13. The van der Waals surface area contributed by atoms with E-state index in [4.69, 9.17) is 4.52 Å². The molecule has 0 aliphatic heterocycles. The van der Waals surface area contributed by atoms with Crippen LogP contribution in [-0.4, -0.2) is 10.5 Å². The minimum Gasteiger partial charge on any atom is -0.335 e. The Hall–Kier alpha value is -1.84. The predicted octanol–water partition coefficient (Wildman–Crippen LogP) is 1.33. The van der Waals surface area contributed by atoms with Gasteiger partial charge >= 0.3 is 5.63 Å². The number of fused-ring (bicyclic) bond motifs is 1. The fourth-order valence-electron chi connectivity index (χ4n) is 1.53. The molecule has 72 valence electrons. The molecule has 0 fully saturated rings. The van der Waals surface area contributed by atoms with Crippen molar-refractivity contribution in [1.29, 1.82) is 0 Å². The number of Topliss-reactive ketones (excluding diaryl/α,β-unsaturated/α-hetero) is 1. The van der Waals surface area contributed by atoms with Crippen LogP contribution in [0, 0.1) is 0 Å². The number of ketones is 1. The summed E-state index contributed by atoms with van der Waals surface area (Å²) in [5.41, 5.74) is 0.591. The van der Waals surface area contributed by atoms with Crippen molar-refractivity contribution >= 4 is 16.7 Å². The number of hydrogen-bond donors (Lipinski definition) is 0. The lowest BCUT2D eigenvalue weighted by atomic mass is 10.1. The smallest absolute Gasteiger partial charge is 0.335 e. The fraction of sp³-hybridized carbons (Fsp3) is 0.200. The number of rotatable bonds is 1. The Kier molecular flexibility index (Phi) is 1.77. The van der Waals surface area contributed by atoms with E-state index < -0.39 is 5.63 Å². The Morgan fingerprint density at radius 2 is 2.14 bits per heavy atom. The van der Waals surface area contributed by atoms with Crippen LogP contribution in [0.15, 0.2) is 27.5 Å². The molecule has 4 nitrogen and oxygen atoms in total. The molecule has 1 aromatic heterocycles. The van der Waals surface area contributed by atoms with E-state index in [-0.39, 0.29) is 5.78 Å². The van der Waals surface area contributed by atoms with Gasteiger partial charge in [0, 0.05) is 12.6 Å². The third-order valence-corrected chi connectivity index (χ3v) is 2.18. The summed E-state index contributed by atoms with van der Waals surface area (Å²) >= 11 is 0. The molecule has 14 heavy (non-hydrogen) atoms. The van der Waals surface area contributed by atoms with Crippen molar-refractivity contribution in [2.75, 3.05) is 0 Å². The van der Waals surface area contributed by atoms with E-state index in [1.54, 1.807) is 25.2 Å². The average Bonchev–Trinajstić information content (AvgIpc) is 2.43. The zero-order chi connectivity index (χ0) is 10.3. The number of aryl methyl sites for hydroxylation is 1. The molecule has 0 unspecified atom stereocenters. The summed E-state index contributed by atoms with van der Waals surface area (Å²) in [6.07, 6.45) is 0. The molecular formula is C10H9NO3. The first-order valence-corrected chi connectivity index (χ1v) is 4.21. The van der Waals surface area contributed by atoms with Crippen molar-refractivity contribution in [2.45, 2.75) is 6.92 Å². The van der Waals surface area contributed by atoms with Crippen LogP contribution in [0.3, 0.4) is 0 Å². The second-order valence-corrected chi connectivity index (χ2v) is 3.13.